The number of urea groups is 1. The molecule has 1 aromatic carbocycles. The summed E-state index contributed by atoms with van der Waals surface area (Å²) in [5, 5.41) is 6.82. The first-order chi connectivity index (χ1) is 9.02. The number of nitrogens with one attached hydrogen (secondary N) is 3. The summed E-state index contributed by atoms with van der Waals surface area (Å²) in [6, 6.07) is 2.33. The number of carbonyl (C=O) groups is 2. The van der Waals surface area contributed by atoms with E-state index in [4.69, 9.17) is 6.42 Å². The molecule has 0 aliphatic carbocycles. The van der Waals surface area contributed by atoms with E-state index in [1.807, 2.05) is 0 Å². The van der Waals surface area contributed by atoms with Crippen LogP contribution in [0.3, 0.4) is 0 Å². The van der Waals surface area contributed by atoms with E-state index in [2.05, 4.69) is 21.9 Å². The van der Waals surface area contributed by atoms with Crippen molar-refractivity contribution >= 4 is 17.6 Å². The molecule has 1 rings (SSSR count). The van der Waals surface area contributed by atoms with Crippen molar-refractivity contribution in [3.63, 3.8) is 0 Å². The molecule has 0 aliphatic heterocycles. The summed E-state index contributed by atoms with van der Waals surface area (Å²) >= 11 is 0. The fourth-order valence-electron chi connectivity index (χ4n) is 1.13. The van der Waals surface area contributed by atoms with Crippen LogP contribution in [-0.2, 0) is 4.79 Å². The molecule has 0 aromatic heterocycles. The minimum atomic E-state index is -1.07. The predicted molar refractivity (Wildman–Crippen MR) is 65.2 cm³/mol. The summed E-state index contributed by atoms with van der Waals surface area (Å²) < 4.78 is 25.5. The number of hydrogen-bond donors (Lipinski definition) is 3. The molecule has 3 amide bonds. The molecule has 0 radical (unpaired) electrons. The van der Waals surface area contributed by atoms with E-state index < -0.39 is 23.6 Å². The van der Waals surface area contributed by atoms with Crippen LogP contribution in [0.4, 0.5) is 19.3 Å². The Labute approximate surface area is 108 Å². The summed E-state index contributed by atoms with van der Waals surface area (Å²) in [4.78, 5) is 22.4. The molecule has 0 unspecified atom stereocenters. The van der Waals surface area contributed by atoms with Crippen molar-refractivity contribution in [2.45, 2.75) is 0 Å². The zero-order valence-corrected chi connectivity index (χ0v) is 9.80. The van der Waals surface area contributed by atoms with Crippen LogP contribution in [0.5, 0.6) is 0 Å². The van der Waals surface area contributed by atoms with Crippen LogP contribution in [0.2, 0.25) is 0 Å². The molecule has 0 bridgehead atoms. The third kappa shape index (κ3) is 5.04. The molecule has 7 heteroatoms. The van der Waals surface area contributed by atoms with Crippen LogP contribution < -0.4 is 16.0 Å². The lowest BCUT2D eigenvalue weighted by molar-refractivity contribution is -0.115. The Bertz CT molecular complexity index is 526. The summed E-state index contributed by atoms with van der Waals surface area (Å²) in [7, 11) is 0. The van der Waals surface area contributed by atoms with Gasteiger partial charge in [0, 0.05) is 11.8 Å². The molecule has 0 heterocycles. The van der Waals surface area contributed by atoms with Gasteiger partial charge in [0.2, 0.25) is 5.91 Å². The monoisotopic (exact) mass is 267 g/mol. The van der Waals surface area contributed by atoms with E-state index in [-0.39, 0.29) is 18.8 Å². The van der Waals surface area contributed by atoms with Crippen molar-refractivity contribution in [2.75, 3.05) is 18.4 Å². The topological polar surface area (TPSA) is 70.2 Å². The van der Waals surface area contributed by atoms with Crippen LogP contribution in [0, 0.1) is 24.0 Å². The second-order valence-electron chi connectivity index (χ2n) is 3.42. The van der Waals surface area contributed by atoms with Crippen molar-refractivity contribution in [1.82, 2.24) is 10.6 Å². The third-order valence-corrected chi connectivity index (χ3v) is 1.96. The largest absolute Gasteiger partial charge is 0.329 e. The lowest BCUT2D eigenvalue weighted by Gasteiger charge is -2.07. The molecule has 0 saturated heterocycles. The molecule has 5 nitrogen and oxygen atoms in total. The standard InChI is InChI=1S/C12H11F2N3O2/c1-2-5-15-12(19)16-7-11(18)17-8-3-4-9(13)10(14)6-8/h1,3-4,6H,5,7H2,(H,17,18)(H2,15,16,19). The van der Waals surface area contributed by atoms with Gasteiger partial charge in [-0.2, -0.15) is 0 Å². The molecule has 3 N–H and O–H groups in total. The molecule has 19 heavy (non-hydrogen) atoms. The van der Waals surface area contributed by atoms with Gasteiger partial charge in [0.1, 0.15) is 0 Å². The molecule has 100 valence electrons. The SMILES string of the molecule is C#CCNC(=O)NCC(=O)Nc1ccc(F)c(F)c1. The average Bonchev–Trinajstić information content (AvgIpc) is 2.38. The maximum Gasteiger partial charge on any atom is 0.315 e. The highest BCUT2D eigenvalue weighted by Crippen LogP contribution is 2.12. The van der Waals surface area contributed by atoms with Crippen molar-refractivity contribution in [3.8, 4) is 12.3 Å². The van der Waals surface area contributed by atoms with Gasteiger partial charge in [-0.3, -0.25) is 4.79 Å². The summed E-state index contributed by atoms with van der Waals surface area (Å²) in [5.74, 6) is -0.475. The summed E-state index contributed by atoms with van der Waals surface area (Å²) in [6.07, 6.45) is 4.92. The minimum absolute atomic E-state index is 0.0383. The summed E-state index contributed by atoms with van der Waals surface area (Å²) in [5.41, 5.74) is 0.0923. The van der Waals surface area contributed by atoms with E-state index in [1.165, 1.54) is 6.07 Å². The van der Waals surface area contributed by atoms with Crippen LogP contribution in [-0.4, -0.2) is 25.0 Å². The van der Waals surface area contributed by atoms with Gasteiger partial charge in [-0.15, -0.1) is 6.42 Å². The maximum absolute atomic E-state index is 12.9. The smallest absolute Gasteiger partial charge is 0.315 e. The fourth-order valence-corrected chi connectivity index (χ4v) is 1.13. The van der Waals surface area contributed by atoms with Crippen LogP contribution in [0.1, 0.15) is 0 Å². The van der Waals surface area contributed by atoms with Crippen molar-refractivity contribution in [3.05, 3.63) is 29.8 Å². The average molecular weight is 267 g/mol. The van der Waals surface area contributed by atoms with Crippen molar-refractivity contribution in [2.24, 2.45) is 0 Å². The first-order valence-electron chi connectivity index (χ1n) is 5.23. The van der Waals surface area contributed by atoms with Crippen LogP contribution >= 0.6 is 0 Å². The number of benzene rings is 1. The highest BCUT2D eigenvalue weighted by atomic mass is 19.2. The number of halogens is 2. The number of anilines is 1. The Morgan fingerprint density at radius 3 is 2.58 bits per heavy atom. The minimum Gasteiger partial charge on any atom is -0.329 e. The second-order valence-corrected chi connectivity index (χ2v) is 3.42. The van der Waals surface area contributed by atoms with E-state index in [0.717, 1.165) is 12.1 Å². The fraction of sp³-hybridized carbons (Fsp3) is 0.167. The number of amides is 3. The van der Waals surface area contributed by atoms with Crippen LogP contribution in [0.15, 0.2) is 18.2 Å². The highest BCUT2D eigenvalue weighted by molar-refractivity contribution is 5.94. The lowest BCUT2D eigenvalue weighted by Crippen LogP contribution is -2.40. The van der Waals surface area contributed by atoms with E-state index in [1.54, 1.807) is 0 Å². The lowest BCUT2D eigenvalue weighted by atomic mass is 10.3. The van der Waals surface area contributed by atoms with E-state index in [9.17, 15) is 18.4 Å². The predicted octanol–water partition coefficient (Wildman–Crippen LogP) is 0.836. The second kappa shape index (κ2) is 6.96. The van der Waals surface area contributed by atoms with Gasteiger partial charge in [-0.05, 0) is 12.1 Å². The molecule has 0 aliphatic rings. The molecule has 0 saturated carbocycles. The van der Waals surface area contributed by atoms with Gasteiger partial charge in [0.05, 0.1) is 13.1 Å². The normalized spacial score (nSPS) is 9.32. The Morgan fingerprint density at radius 2 is 1.95 bits per heavy atom. The quantitative estimate of drug-likeness (QED) is 0.707. The Hall–Kier alpha value is -2.62. The highest BCUT2D eigenvalue weighted by Gasteiger charge is 2.07. The molecule has 1 aromatic rings. The molecule has 0 atom stereocenters. The maximum atomic E-state index is 12.9. The van der Waals surface area contributed by atoms with Gasteiger partial charge < -0.3 is 16.0 Å². The van der Waals surface area contributed by atoms with Crippen molar-refractivity contribution < 1.29 is 18.4 Å². The van der Waals surface area contributed by atoms with Gasteiger partial charge in [0.25, 0.3) is 0 Å². The zero-order chi connectivity index (χ0) is 14.3. The zero-order valence-electron chi connectivity index (χ0n) is 9.80. The Morgan fingerprint density at radius 1 is 1.21 bits per heavy atom. The van der Waals surface area contributed by atoms with Gasteiger partial charge >= 0.3 is 6.03 Å². The van der Waals surface area contributed by atoms with Gasteiger partial charge in [-0.1, -0.05) is 5.92 Å². The first-order valence-corrected chi connectivity index (χ1v) is 5.23. The van der Waals surface area contributed by atoms with Gasteiger partial charge in [-0.25, -0.2) is 13.6 Å². The van der Waals surface area contributed by atoms with Crippen molar-refractivity contribution in [1.29, 1.82) is 0 Å². The number of carbonyl (C=O) groups excluding carboxylic acids is 2. The first kappa shape index (κ1) is 14.4. The Balaban J connectivity index is 2.41. The molecule has 0 spiro atoms. The summed E-state index contributed by atoms with van der Waals surface area (Å²) in [6.45, 7) is -0.286. The van der Waals surface area contributed by atoms with E-state index in [0.29, 0.717) is 0 Å². The number of hydrogen-bond acceptors (Lipinski definition) is 2. The number of rotatable bonds is 4. The van der Waals surface area contributed by atoms with Crippen LogP contribution in [0.25, 0.3) is 0 Å². The third-order valence-electron chi connectivity index (χ3n) is 1.96. The van der Waals surface area contributed by atoms with Gasteiger partial charge in [0.15, 0.2) is 11.6 Å². The molecular weight excluding hydrogens is 256 g/mol. The number of terminal acetylenes is 1. The molecule has 0 fully saturated rings. The molecular formula is C12H11F2N3O2. The van der Waals surface area contributed by atoms with E-state index >= 15 is 0 Å². The Kier molecular flexibility index (Phi) is 5.29.